The average molecular weight is 394 g/mol. The first-order valence-corrected chi connectivity index (χ1v) is 10.7. The van der Waals surface area contributed by atoms with Crippen LogP contribution < -0.4 is 0 Å². The molecule has 0 nitrogen and oxygen atoms in total. The minimum Gasteiger partial charge on any atom is -0.0826 e. The van der Waals surface area contributed by atoms with E-state index in [0.717, 1.165) is 3.92 Å². The zero-order chi connectivity index (χ0) is 14.9. The molecule has 0 aliphatic carbocycles. The van der Waals surface area contributed by atoms with Crippen LogP contribution in [0, 0.1) is 0 Å². The maximum absolute atomic E-state index is 2.66. The van der Waals surface area contributed by atoms with Gasteiger partial charge in [0, 0.05) is 3.92 Å². The lowest BCUT2D eigenvalue weighted by Gasteiger charge is -2.08. The van der Waals surface area contributed by atoms with E-state index in [1.807, 2.05) is 0 Å². The van der Waals surface area contributed by atoms with Crippen molar-refractivity contribution < 1.29 is 0 Å². The Morgan fingerprint density at radius 1 is 0.500 bits per heavy atom. The van der Waals surface area contributed by atoms with Crippen LogP contribution in [0.1, 0.15) is 117 Å². The molecule has 0 fully saturated rings. The largest absolute Gasteiger partial charge is 0.0826 e. The van der Waals surface area contributed by atoms with Crippen molar-refractivity contribution in [3.8, 4) is 0 Å². The van der Waals surface area contributed by atoms with E-state index >= 15 is 0 Å². The van der Waals surface area contributed by atoms with E-state index in [4.69, 9.17) is 0 Å². The molecule has 0 saturated carbocycles. The van der Waals surface area contributed by atoms with Crippen molar-refractivity contribution in [3.05, 3.63) is 0 Å². The lowest BCUT2D eigenvalue weighted by molar-refractivity contribution is 0.534. The van der Waals surface area contributed by atoms with Gasteiger partial charge < -0.3 is 0 Å². The van der Waals surface area contributed by atoms with Crippen molar-refractivity contribution in [3.63, 3.8) is 0 Å². The second-order valence-corrected chi connectivity index (χ2v) is 8.18. The summed E-state index contributed by atoms with van der Waals surface area (Å²) in [7, 11) is 0. The summed E-state index contributed by atoms with van der Waals surface area (Å²) in [6.45, 7) is 4.59. The van der Waals surface area contributed by atoms with Gasteiger partial charge in [-0.2, -0.15) is 0 Å². The predicted octanol–water partition coefficient (Wildman–Crippen LogP) is 8.07. The maximum atomic E-state index is 2.66. The average Bonchev–Trinajstić information content (AvgIpc) is 2.46. The third-order valence-corrected chi connectivity index (χ3v) is 5.49. The molecule has 0 N–H and O–H groups in total. The van der Waals surface area contributed by atoms with Crippen molar-refractivity contribution in [2.45, 2.75) is 121 Å². The van der Waals surface area contributed by atoms with Gasteiger partial charge >= 0.3 is 0 Å². The number of unbranched alkanes of at least 4 members (excludes halogenated alkanes) is 12. The van der Waals surface area contributed by atoms with Crippen LogP contribution >= 0.6 is 22.6 Å². The third-order valence-electron chi connectivity index (χ3n) is 4.24. The number of alkyl halides is 1. The normalized spacial score (nSPS) is 12.8. The van der Waals surface area contributed by atoms with Crippen molar-refractivity contribution >= 4 is 22.6 Å². The van der Waals surface area contributed by atoms with E-state index in [1.54, 1.807) is 0 Å². The van der Waals surface area contributed by atoms with Gasteiger partial charge in [0.2, 0.25) is 0 Å². The Hall–Kier alpha value is 0.730. The van der Waals surface area contributed by atoms with Gasteiger partial charge in [0.15, 0.2) is 0 Å². The molecule has 122 valence electrons. The van der Waals surface area contributed by atoms with Gasteiger partial charge in [0.05, 0.1) is 0 Å². The molecule has 1 atom stereocenters. The smallest absolute Gasteiger partial charge is 0.0110 e. The zero-order valence-electron chi connectivity index (χ0n) is 14.3. The van der Waals surface area contributed by atoms with Crippen molar-refractivity contribution in [1.82, 2.24) is 0 Å². The molecular weight excluding hydrogens is 355 g/mol. The summed E-state index contributed by atoms with van der Waals surface area (Å²) in [6.07, 6.45) is 23.3. The van der Waals surface area contributed by atoms with Crippen molar-refractivity contribution in [2.24, 2.45) is 0 Å². The second kappa shape index (κ2) is 17.8. The van der Waals surface area contributed by atoms with Crippen LogP contribution in [0.25, 0.3) is 0 Å². The molecule has 1 unspecified atom stereocenters. The van der Waals surface area contributed by atoms with Crippen LogP contribution in [-0.4, -0.2) is 3.92 Å². The van der Waals surface area contributed by atoms with E-state index in [-0.39, 0.29) is 0 Å². The number of halogens is 1. The van der Waals surface area contributed by atoms with E-state index in [1.165, 1.54) is 103 Å². The number of rotatable bonds is 16. The highest BCUT2D eigenvalue weighted by Gasteiger charge is 2.02. The fourth-order valence-corrected chi connectivity index (χ4v) is 3.66. The Kier molecular flexibility index (Phi) is 18.4. The van der Waals surface area contributed by atoms with Crippen LogP contribution in [-0.2, 0) is 0 Å². The Bertz CT molecular complexity index is 167. The van der Waals surface area contributed by atoms with E-state index in [9.17, 15) is 0 Å². The summed E-state index contributed by atoms with van der Waals surface area (Å²) in [6, 6.07) is 0. The molecule has 1 heteroatoms. The highest BCUT2D eigenvalue weighted by molar-refractivity contribution is 14.1. The lowest BCUT2D eigenvalue weighted by atomic mass is 10.0. The molecule has 0 aromatic heterocycles. The SMILES string of the molecule is CCCCCCCCCCCCCCC(I)CCCC. The summed E-state index contributed by atoms with van der Waals surface area (Å²) in [4.78, 5) is 0. The maximum Gasteiger partial charge on any atom is 0.0110 e. The van der Waals surface area contributed by atoms with Gasteiger partial charge in [-0.3, -0.25) is 0 Å². The van der Waals surface area contributed by atoms with Crippen molar-refractivity contribution in [2.75, 3.05) is 0 Å². The molecule has 0 saturated heterocycles. The quantitative estimate of drug-likeness (QED) is 0.141. The Morgan fingerprint density at radius 2 is 0.850 bits per heavy atom. The monoisotopic (exact) mass is 394 g/mol. The first kappa shape index (κ1) is 20.7. The van der Waals surface area contributed by atoms with Crippen LogP contribution in [0.15, 0.2) is 0 Å². The highest BCUT2D eigenvalue weighted by Crippen LogP contribution is 2.19. The van der Waals surface area contributed by atoms with Gasteiger partial charge in [-0.1, -0.05) is 126 Å². The fraction of sp³-hybridized carbons (Fsp3) is 1.00. The summed E-state index contributed by atoms with van der Waals surface area (Å²) in [5.74, 6) is 0. The second-order valence-electron chi connectivity index (χ2n) is 6.42. The zero-order valence-corrected chi connectivity index (χ0v) is 16.4. The Labute approximate surface area is 143 Å². The van der Waals surface area contributed by atoms with Gasteiger partial charge in [-0.05, 0) is 12.8 Å². The van der Waals surface area contributed by atoms with Gasteiger partial charge in [0.25, 0.3) is 0 Å². The molecule has 0 bridgehead atoms. The van der Waals surface area contributed by atoms with Crippen molar-refractivity contribution in [1.29, 1.82) is 0 Å². The highest BCUT2D eigenvalue weighted by atomic mass is 127. The first-order valence-electron chi connectivity index (χ1n) is 9.45. The summed E-state index contributed by atoms with van der Waals surface area (Å²) in [5.41, 5.74) is 0. The molecule has 0 radical (unpaired) electrons. The summed E-state index contributed by atoms with van der Waals surface area (Å²) >= 11 is 2.66. The molecule has 0 aliphatic heterocycles. The lowest BCUT2D eigenvalue weighted by Crippen LogP contribution is -1.97. The number of hydrogen-bond donors (Lipinski definition) is 0. The molecular formula is C19H39I. The Morgan fingerprint density at radius 3 is 1.30 bits per heavy atom. The minimum absolute atomic E-state index is 0.940. The van der Waals surface area contributed by atoms with E-state index < -0.39 is 0 Å². The molecule has 0 spiro atoms. The molecule has 20 heavy (non-hydrogen) atoms. The third kappa shape index (κ3) is 16.8. The molecule has 0 aliphatic rings. The summed E-state index contributed by atoms with van der Waals surface area (Å²) < 4.78 is 0.940. The topological polar surface area (TPSA) is 0 Å². The summed E-state index contributed by atoms with van der Waals surface area (Å²) in [5, 5.41) is 0. The molecule has 0 rings (SSSR count). The Balaban J connectivity index is 3.02. The number of hydrogen-bond acceptors (Lipinski definition) is 0. The van der Waals surface area contributed by atoms with E-state index in [2.05, 4.69) is 36.4 Å². The van der Waals surface area contributed by atoms with Gasteiger partial charge in [0.1, 0.15) is 0 Å². The first-order chi connectivity index (χ1) is 9.81. The standard InChI is InChI=1S/C19H39I/c1-3-5-7-8-9-10-11-12-13-14-15-16-18-19(20)17-6-4-2/h19H,3-18H2,1-2H3. The fourth-order valence-electron chi connectivity index (χ4n) is 2.78. The van der Waals surface area contributed by atoms with Crippen LogP contribution in [0.2, 0.25) is 0 Å². The van der Waals surface area contributed by atoms with Gasteiger partial charge in [-0.25, -0.2) is 0 Å². The molecule has 0 amide bonds. The molecule has 0 heterocycles. The molecule has 0 aromatic carbocycles. The van der Waals surface area contributed by atoms with E-state index in [0.29, 0.717) is 0 Å². The van der Waals surface area contributed by atoms with Gasteiger partial charge in [-0.15, -0.1) is 0 Å². The van der Waals surface area contributed by atoms with Crippen LogP contribution in [0.4, 0.5) is 0 Å². The van der Waals surface area contributed by atoms with Crippen LogP contribution in [0.3, 0.4) is 0 Å². The predicted molar refractivity (Wildman–Crippen MR) is 103 cm³/mol. The van der Waals surface area contributed by atoms with Crippen LogP contribution in [0.5, 0.6) is 0 Å². The minimum atomic E-state index is 0.940. The molecule has 0 aromatic rings.